The number of hydrogen-bond acceptors (Lipinski definition) is 13. The van der Waals surface area contributed by atoms with Gasteiger partial charge in [0, 0.05) is 19.2 Å². The standard InChI is InChI=1S/C36H60N10O12/c1-4-5-6-7-8-9-10-13-25(48)41-21(12-11-15-39-35(37)38)31(54)40-18-26(49)42-22(17-27(50)51)32(55)45-28(20(2)3)33(56)43-24-14-16-46(36(57)44-24)34-30(53)29(52)23(19-47)58-34/h14,16,20-23,28-30,34,47,52-53H,4-13,15,17-19H2,1-3H3,(H,40,54)(H,41,48)(H,42,49)(H,45,55)(H,50,51)(H4,37,38,39)(H,43,44,56,57)/t21-,22-,23+,28-,29+,30-,34+/m0/s1. The second-order valence-corrected chi connectivity index (χ2v) is 14.3. The average Bonchev–Trinajstić information content (AvgIpc) is 3.44. The molecule has 2 rings (SSSR count). The van der Waals surface area contributed by atoms with Crippen LogP contribution >= 0.6 is 0 Å². The summed E-state index contributed by atoms with van der Waals surface area (Å²) < 4.78 is 6.19. The van der Waals surface area contributed by atoms with Crippen LogP contribution in [0.5, 0.6) is 0 Å². The van der Waals surface area contributed by atoms with E-state index in [0.29, 0.717) is 12.8 Å². The summed E-state index contributed by atoms with van der Waals surface area (Å²) in [5.74, 6) is -6.35. The summed E-state index contributed by atoms with van der Waals surface area (Å²) in [4.78, 5) is 97.3. The number of aliphatic imine (C=N–C) groups is 1. The van der Waals surface area contributed by atoms with Crippen molar-refractivity contribution in [2.45, 2.75) is 134 Å². The number of ether oxygens (including phenoxy) is 1. The van der Waals surface area contributed by atoms with Gasteiger partial charge in [0.1, 0.15) is 42.3 Å². The molecule has 1 saturated heterocycles. The van der Waals surface area contributed by atoms with Crippen LogP contribution in [-0.2, 0) is 33.5 Å². The van der Waals surface area contributed by atoms with Gasteiger partial charge in [0.15, 0.2) is 12.2 Å². The number of nitrogens with one attached hydrogen (secondary N) is 5. The molecule has 326 valence electrons. The molecule has 1 fully saturated rings. The molecule has 1 aromatic rings. The molecule has 2 heterocycles. The number of carboxylic acid groups (broad SMARTS) is 1. The molecule has 22 nitrogen and oxygen atoms in total. The van der Waals surface area contributed by atoms with Gasteiger partial charge in [0.2, 0.25) is 29.5 Å². The first-order valence-electron chi connectivity index (χ1n) is 19.4. The van der Waals surface area contributed by atoms with Gasteiger partial charge >= 0.3 is 11.7 Å². The summed E-state index contributed by atoms with van der Waals surface area (Å²) in [6, 6.07) is -2.87. The van der Waals surface area contributed by atoms with Crippen molar-refractivity contribution < 1.29 is 53.9 Å². The van der Waals surface area contributed by atoms with Gasteiger partial charge in [0.05, 0.1) is 19.6 Å². The number of carbonyl (C=O) groups is 6. The molecule has 22 heteroatoms. The Kier molecular flexibility index (Phi) is 21.3. The fraction of sp³-hybridized carbons (Fsp3) is 0.694. The molecule has 58 heavy (non-hydrogen) atoms. The Bertz CT molecular complexity index is 1620. The van der Waals surface area contributed by atoms with Crippen LogP contribution in [0.1, 0.15) is 97.6 Å². The van der Waals surface area contributed by atoms with E-state index in [2.05, 4.69) is 43.5 Å². The van der Waals surface area contributed by atoms with Gasteiger partial charge in [-0.15, -0.1) is 0 Å². The van der Waals surface area contributed by atoms with Gasteiger partial charge in [-0.25, -0.2) is 4.79 Å². The molecule has 0 saturated carbocycles. The number of aromatic nitrogens is 2. The lowest BCUT2D eigenvalue weighted by Crippen LogP contribution is -2.56. The molecular weight excluding hydrogens is 764 g/mol. The molecule has 0 spiro atoms. The Hall–Kier alpha value is -5.19. The lowest BCUT2D eigenvalue weighted by Gasteiger charge is -2.25. The van der Waals surface area contributed by atoms with Crippen LogP contribution in [-0.4, -0.2) is 128 Å². The average molecular weight is 825 g/mol. The van der Waals surface area contributed by atoms with Crippen molar-refractivity contribution in [2.24, 2.45) is 22.4 Å². The van der Waals surface area contributed by atoms with Gasteiger partial charge in [0.25, 0.3) is 0 Å². The number of anilines is 1. The van der Waals surface area contributed by atoms with Gasteiger partial charge in [-0.3, -0.25) is 38.3 Å². The molecular formula is C36H60N10O12. The summed E-state index contributed by atoms with van der Waals surface area (Å²) in [6.07, 6.45) is 2.36. The Morgan fingerprint density at radius 2 is 1.55 bits per heavy atom. The van der Waals surface area contributed by atoms with Crippen LogP contribution in [0.25, 0.3) is 0 Å². The Morgan fingerprint density at radius 3 is 2.14 bits per heavy atom. The van der Waals surface area contributed by atoms with Crippen molar-refractivity contribution in [3.05, 3.63) is 22.7 Å². The maximum absolute atomic E-state index is 13.3. The number of unbranched alkanes of at least 4 members (excludes halogenated alkanes) is 6. The third-order valence-electron chi connectivity index (χ3n) is 9.18. The number of rotatable bonds is 26. The summed E-state index contributed by atoms with van der Waals surface area (Å²) in [5.41, 5.74) is 9.75. The largest absolute Gasteiger partial charge is 0.481 e. The number of hydrogen-bond donors (Lipinski definition) is 11. The second-order valence-electron chi connectivity index (χ2n) is 14.3. The van der Waals surface area contributed by atoms with Gasteiger partial charge in [-0.05, 0) is 31.2 Å². The number of carboxylic acids is 1. The van der Waals surface area contributed by atoms with Crippen molar-refractivity contribution >= 4 is 47.3 Å². The SMILES string of the molecule is CCCCCCCCCC(=O)N[C@@H](CCCN=C(N)N)C(=O)NCC(=O)N[C@@H](CC(=O)O)C(=O)N[C@H](C(=O)Nc1ccn([C@@H]2O[C@H](CO)[C@@H](O)[C@@H]2O)c(=O)n1)C(C)C. The van der Waals surface area contributed by atoms with Crippen LogP contribution in [0.2, 0.25) is 0 Å². The number of aliphatic hydroxyl groups excluding tert-OH is 3. The molecule has 1 aromatic heterocycles. The lowest BCUT2D eigenvalue weighted by molar-refractivity contribution is -0.141. The zero-order chi connectivity index (χ0) is 43.4. The summed E-state index contributed by atoms with van der Waals surface area (Å²) >= 11 is 0. The van der Waals surface area contributed by atoms with Crippen LogP contribution < -0.4 is 43.7 Å². The van der Waals surface area contributed by atoms with E-state index in [0.717, 1.165) is 49.3 Å². The number of carbonyl (C=O) groups excluding carboxylic acids is 5. The highest BCUT2D eigenvalue weighted by Crippen LogP contribution is 2.28. The number of amides is 5. The fourth-order valence-electron chi connectivity index (χ4n) is 5.98. The molecule has 13 N–H and O–H groups in total. The maximum Gasteiger partial charge on any atom is 0.351 e. The second kappa shape index (κ2) is 25.2. The van der Waals surface area contributed by atoms with Crippen molar-refractivity contribution in [3.63, 3.8) is 0 Å². The quantitative estimate of drug-likeness (QED) is 0.0266. The zero-order valence-corrected chi connectivity index (χ0v) is 33.2. The van der Waals surface area contributed by atoms with Gasteiger partial charge in [-0.1, -0.05) is 59.3 Å². The van der Waals surface area contributed by atoms with E-state index < -0.39 is 103 Å². The number of nitrogens with two attached hydrogens (primary N) is 2. The molecule has 0 aromatic carbocycles. The summed E-state index contributed by atoms with van der Waals surface area (Å²) in [7, 11) is 0. The third-order valence-corrected chi connectivity index (χ3v) is 9.18. The first-order valence-corrected chi connectivity index (χ1v) is 19.4. The normalized spacial score (nSPS) is 19.0. The molecule has 5 amide bonds. The van der Waals surface area contributed by atoms with Gasteiger partial charge in [-0.2, -0.15) is 4.98 Å². The Balaban J connectivity index is 2.04. The van der Waals surface area contributed by atoms with E-state index in [1.807, 2.05) is 0 Å². The highest BCUT2D eigenvalue weighted by molar-refractivity contribution is 5.99. The van der Waals surface area contributed by atoms with Crippen LogP contribution in [0, 0.1) is 5.92 Å². The molecule has 0 bridgehead atoms. The van der Waals surface area contributed by atoms with Crippen molar-refractivity contribution in [1.29, 1.82) is 0 Å². The summed E-state index contributed by atoms with van der Waals surface area (Å²) in [5, 5.41) is 51.2. The van der Waals surface area contributed by atoms with E-state index >= 15 is 0 Å². The topological polar surface area (TPSA) is 352 Å². The highest BCUT2D eigenvalue weighted by Gasteiger charge is 2.44. The Morgan fingerprint density at radius 1 is 0.897 bits per heavy atom. The number of aliphatic carboxylic acids is 1. The van der Waals surface area contributed by atoms with Gasteiger partial charge < -0.3 is 63.2 Å². The molecule has 1 aliphatic heterocycles. The highest BCUT2D eigenvalue weighted by atomic mass is 16.6. The van der Waals surface area contributed by atoms with Crippen LogP contribution in [0.15, 0.2) is 22.1 Å². The van der Waals surface area contributed by atoms with E-state index in [4.69, 9.17) is 16.2 Å². The van der Waals surface area contributed by atoms with Crippen LogP contribution in [0.4, 0.5) is 5.82 Å². The van der Waals surface area contributed by atoms with E-state index in [1.165, 1.54) is 6.07 Å². The van der Waals surface area contributed by atoms with E-state index in [1.54, 1.807) is 13.8 Å². The number of nitrogens with zero attached hydrogens (tertiary/aromatic N) is 3. The maximum atomic E-state index is 13.3. The molecule has 0 radical (unpaired) electrons. The molecule has 7 atom stereocenters. The van der Waals surface area contributed by atoms with E-state index in [-0.39, 0.29) is 37.1 Å². The minimum absolute atomic E-state index is 0.136. The van der Waals surface area contributed by atoms with Crippen molar-refractivity contribution in [3.8, 4) is 0 Å². The first kappa shape index (κ1) is 49.0. The minimum atomic E-state index is -1.69. The zero-order valence-electron chi connectivity index (χ0n) is 33.2. The lowest BCUT2D eigenvalue weighted by atomic mass is 10.0. The number of guanidine groups is 1. The third kappa shape index (κ3) is 16.7. The Labute approximate surface area is 335 Å². The molecule has 1 aliphatic rings. The molecule has 0 unspecified atom stereocenters. The van der Waals surface area contributed by atoms with E-state index in [9.17, 15) is 54.0 Å². The van der Waals surface area contributed by atoms with Crippen molar-refractivity contribution in [2.75, 3.05) is 25.0 Å². The van der Waals surface area contributed by atoms with Crippen LogP contribution in [0.3, 0.4) is 0 Å². The number of aliphatic hydroxyl groups is 3. The predicted molar refractivity (Wildman–Crippen MR) is 209 cm³/mol. The molecule has 0 aliphatic carbocycles. The van der Waals surface area contributed by atoms with Crippen molar-refractivity contribution in [1.82, 2.24) is 30.8 Å². The predicted octanol–water partition coefficient (Wildman–Crippen LogP) is -2.31. The minimum Gasteiger partial charge on any atom is -0.481 e. The summed E-state index contributed by atoms with van der Waals surface area (Å²) in [6.45, 7) is 4.14. The smallest absolute Gasteiger partial charge is 0.351 e. The monoisotopic (exact) mass is 824 g/mol. The first-order chi connectivity index (χ1) is 27.5. The fourth-order valence-corrected chi connectivity index (χ4v) is 5.98.